The van der Waals surface area contributed by atoms with Crippen molar-refractivity contribution in [1.82, 2.24) is 0 Å². The predicted molar refractivity (Wildman–Crippen MR) is 66.2 cm³/mol. The first-order valence-electron chi connectivity index (χ1n) is 4.71. The molecule has 0 rings (SSSR count). The van der Waals surface area contributed by atoms with Gasteiger partial charge in [-0.15, -0.1) is 0 Å². The average Bonchev–Trinajstić information content (AvgIpc) is 2.19. The first kappa shape index (κ1) is 12.4. The lowest BCUT2D eigenvalue weighted by molar-refractivity contribution is 1.49. The fraction of sp³-hybridized carbons (Fsp3) is 0.143. The highest BCUT2D eigenvalue weighted by Gasteiger charge is 1.94. The van der Waals surface area contributed by atoms with Gasteiger partial charge in [0.15, 0.2) is 0 Å². The molecule has 0 radical (unpaired) electrons. The van der Waals surface area contributed by atoms with E-state index < -0.39 is 0 Å². The second kappa shape index (κ2) is 8.06. The van der Waals surface area contributed by atoms with Gasteiger partial charge in [-0.05, 0) is 25.0 Å². The smallest absolute Gasteiger partial charge is 0.0191 e. The first-order valence-corrected chi connectivity index (χ1v) is 4.71. The van der Waals surface area contributed by atoms with Crippen LogP contribution in [0.5, 0.6) is 0 Å². The van der Waals surface area contributed by atoms with Crippen LogP contribution in [0.2, 0.25) is 0 Å². The summed E-state index contributed by atoms with van der Waals surface area (Å²) in [6.45, 7) is 11.4. The van der Waals surface area contributed by atoms with Crippen molar-refractivity contribution in [2.75, 3.05) is 0 Å². The molecule has 0 heteroatoms. The normalized spacial score (nSPS) is 13.9. The number of allylic oxidation sites excluding steroid dienone is 10. The highest BCUT2D eigenvalue weighted by Crippen LogP contribution is 2.13. The summed E-state index contributed by atoms with van der Waals surface area (Å²) in [5.41, 5.74) is 2.33. The maximum atomic E-state index is 3.70. The molecule has 14 heavy (non-hydrogen) atoms. The molecule has 0 aliphatic heterocycles. The van der Waals surface area contributed by atoms with Crippen LogP contribution < -0.4 is 0 Å². The highest BCUT2D eigenvalue weighted by molar-refractivity contribution is 5.47. The van der Waals surface area contributed by atoms with Crippen molar-refractivity contribution in [2.24, 2.45) is 0 Å². The van der Waals surface area contributed by atoms with E-state index in [9.17, 15) is 0 Å². The molecular formula is C14H18. The van der Waals surface area contributed by atoms with Crippen LogP contribution in [0, 0.1) is 0 Å². The van der Waals surface area contributed by atoms with Crippen LogP contribution in [0.3, 0.4) is 0 Å². The van der Waals surface area contributed by atoms with Crippen LogP contribution in [0.15, 0.2) is 72.9 Å². The summed E-state index contributed by atoms with van der Waals surface area (Å²) < 4.78 is 0. The molecule has 0 bridgehead atoms. The molecule has 0 unspecified atom stereocenters. The molecule has 0 amide bonds. The Morgan fingerprint density at radius 3 is 2.07 bits per heavy atom. The molecule has 0 aliphatic carbocycles. The molecule has 0 aliphatic rings. The lowest BCUT2D eigenvalue weighted by Crippen LogP contribution is -1.81. The van der Waals surface area contributed by atoms with Gasteiger partial charge in [0.1, 0.15) is 0 Å². The van der Waals surface area contributed by atoms with Crippen LogP contribution in [0.4, 0.5) is 0 Å². The van der Waals surface area contributed by atoms with Gasteiger partial charge >= 0.3 is 0 Å². The minimum absolute atomic E-state index is 1.16. The number of hydrogen-bond donors (Lipinski definition) is 0. The van der Waals surface area contributed by atoms with Crippen molar-refractivity contribution in [3.05, 3.63) is 72.9 Å². The molecule has 0 aromatic carbocycles. The largest absolute Gasteiger partial charge is 0.0991 e. The number of hydrogen-bond acceptors (Lipinski definition) is 0. The van der Waals surface area contributed by atoms with Gasteiger partial charge in [0.2, 0.25) is 0 Å². The Hall–Kier alpha value is -1.56. The van der Waals surface area contributed by atoms with Crippen molar-refractivity contribution < 1.29 is 0 Å². The molecule has 0 saturated heterocycles. The van der Waals surface area contributed by atoms with Gasteiger partial charge in [-0.1, -0.05) is 61.8 Å². The zero-order valence-electron chi connectivity index (χ0n) is 9.03. The van der Waals surface area contributed by atoms with E-state index >= 15 is 0 Å². The van der Waals surface area contributed by atoms with Crippen LogP contribution in [0.25, 0.3) is 0 Å². The van der Waals surface area contributed by atoms with Crippen LogP contribution in [-0.2, 0) is 0 Å². The van der Waals surface area contributed by atoms with E-state index in [1.807, 2.05) is 38.2 Å². The molecule has 0 heterocycles. The van der Waals surface area contributed by atoms with Crippen molar-refractivity contribution in [3.63, 3.8) is 0 Å². The fourth-order valence-corrected chi connectivity index (χ4v) is 1.09. The van der Waals surface area contributed by atoms with E-state index in [2.05, 4.69) is 25.3 Å². The van der Waals surface area contributed by atoms with E-state index in [0.717, 1.165) is 5.57 Å². The van der Waals surface area contributed by atoms with E-state index in [0.29, 0.717) is 0 Å². The summed E-state index contributed by atoms with van der Waals surface area (Å²) in [5, 5.41) is 0. The van der Waals surface area contributed by atoms with Gasteiger partial charge < -0.3 is 0 Å². The molecule has 0 atom stereocenters. The van der Waals surface area contributed by atoms with Crippen molar-refractivity contribution in [3.8, 4) is 0 Å². The minimum Gasteiger partial charge on any atom is -0.0991 e. The van der Waals surface area contributed by atoms with Gasteiger partial charge in [0, 0.05) is 0 Å². The number of rotatable bonds is 5. The van der Waals surface area contributed by atoms with Crippen LogP contribution >= 0.6 is 0 Å². The third kappa shape index (κ3) is 4.46. The molecule has 0 N–H and O–H groups in total. The lowest BCUT2D eigenvalue weighted by atomic mass is 10.0. The predicted octanol–water partition coefficient (Wildman–Crippen LogP) is 4.36. The van der Waals surface area contributed by atoms with Crippen LogP contribution in [0.1, 0.15) is 13.8 Å². The quantitative estimate of drug-likeness (QED) is 0.559. The van der Waals surface area contributed by atoms with Gasteiger partial charge in [-0.3, -0.25) is 0 Å². The van der Waals surface area contributed by atoms with Gasteiger partial charge in [0.25, 0.3) is 0 Å². The standard InChI is InChI=1S/C14H18/c1-5-9-12-13(8-4)14(10-6-2)11-7-3/h5-12H,1-2H2,3-4H3/b11-7-,12-9-,13-8+,14-10+. The summed E-state index contributed by atoms with van der Waals surface area (Å²) in [5.74, 6) is 0. The summed E-state index contributed by atoms with van der Waals surface area (Å²) in [7, 11) is 0. The summed E-state index contributed by atoms with van der Waals surface area (Å²) in [6, 6.07) is 0. The summed E-state index contributed by atoms with van der Waals surface area (Å²) >= 11 is 0. The Balaban J connectivity index is 4.96. The van der Waals surface area contributed by atoms with Crippen LogP contribution in [-0.4, -0.2) is 0 Å². The summed E-state index contributed by atoms with van der Waals surface area (Å²) in [4.78, 5) is 0. The molecule has 0 saturated carbocycles. The van der Waals surface area contributed by atoms with E-state index in [4.69, 9.17) is 0 Å². The van der Waals surface area contributed by atoms with Crippen molar-refractivity contribution >= 4 is 0 Å². The molecule has 0 aromatic rings. The lowest BCUT2D eigenvalue weighted by Gasteiger charge is -2.01. The molecule has 0 spiro atoms. The third-order valence-corrected chi connectivity index (χ3v) is 1.70. The molecule has 0 nitrogen and oxygen atoms in total. The van der Waals surface area contributed by atoms with Gasteiger partial charge in [-0.25, -0.2) is 0 Å². The second-order valence-corrected chi connectivity index (χ2v) is 2.70. The molecular weight excluding hydrogens is 168 g/mol. The Morgan fingerprint density at radius 1 is 0.929 bits per heavy atom. The second-order valence-electron chi connectivity index (χ2n) is 2.70. The Bertz CT molecular complexity index is 296. The van der Waals surface area contributed by atoms with Gasteiger partial charge in [0.05, 0.1) is 0 Å². The van der Waals surface area contributed by atoms with E-state index in [1.165, 1.54) is 5.57 Å². The maximum Gasteiger partial charge on any atom is -0.0191 e. The minimum atomic E-state index is 1.16. The van der Waals surface area contributed by atoms with E-state index in [-0.39, 0.29) is 0 Å². The Morgan fingerprint density at radius 2 is 1.64 bits per heavy atom. The van der Waals surface area contributed by atoms with Crippen molar-refractivity contribution in [2.45, 2.75) is 13.8 Å². The van der Waals surface area contributed by atoms with Gasteiger partial charge in [-0.2, -0.15) is 0 Å². The Kier molecular flexibility index (Phi) is 7.16. The van der Waals surface area contributed by atoms with Crippen molar-refractivity contribution in [1.29, 1.82) is 0 Å². The highest BCUT2D eigenvalue weighted by atomic mass is 14.0. The summed E-state index contributed by atoms with van der Waals surface area (Å²) in [6.07, 6.45) is 15.6. The monoisotopic (exact) mass is 186 g/mol. The molecule has 0 fully saturated rings. The molecule has 0 aromatic heterocycles. The fourth-order valence-electron chi connectivity index (χ4n) is 1.09. The average molecular weight is 186 g/mol. The topological polar surface area (TPSA) is 0 Å². The third-order valence-electron chi connectivity index (χ3n) is 1.70. The van der Waals surface area contributed by atoms with E-state index in [1.54, 1.807) is 12.2 Å². The molecule has 74 valence electrons. The Labute approximate surface area is 87.3 Å². The maximum absolute atomic E-state index is 3.70. The first-order chi connectivity index (χ1) is 6.79. The SMILES string of the molecule is C=C\C=C/C(=C\C)C(/C=C\C)=C/C=C. The zero-order chi connectivity index (χ0) is 10.8. The zero-order valence-corrected chi connectivity index (χ0v) is 9.03.